The van der Waals surface area contributed by atoms with Gasteiger partial charge in [-0.1, -0.05) is 24.3 Å². The minimum atomic E-state index is -4.69. The highest BCUT2D eigenvalue weighted by molar-refractivity contribution is 14.1. The van der Waals surface area contributed by atoms with Gasteiger partial charge in [0.1, 0.15) is 11.5 Å². The molecule has 106 valence electrons. The Morgan fingerprint density at radius 1 is 1.00 bits per heavy atom. The lowest BCUT2D eigenvalue weighted by Crippen LogP contribution is -2.17. The summed E-state index contributed by atoms with van der Waals surface area (Å²) < 4.78 is 46.2. The van der Waals surface area contributed by atoms with E-state index < -0.39 is 6.36 Å². The van der Waals surface area contributed by atoms with Gasteiger partial charge in [-0.25, -0.2) is 0 Å². The van der Waals surface area contributed by atoms with Crippen molar-refractivity contribution >= 4 is 22.6 Å². The van der Waals surface area contributed by atoms with Crippen molar-refractivity contribution in [3.63, 3.8) is 0 Å². The van der Waals surface area contributed by atoms with Gasteiger partial charge in [-0.3, -0.25) is 0 Å². The Morgan fingerprint density at radius 2 is 1.70 bits per heavy atom. The first-order chi connectivity index (χ1) is 9.40. The summed E-state index contributed by atoms with van der Waals surface area (Å²) in [4.78, 5) is 0. The summed E-state index contributed by atoms with van der Waals surface area (Å²) in [5, 5.41) is 0. The number of hydrogen-bond donors (Lipinski definition) is 0. The lowest BCUT2D eigenvalue weighted by molar-refractivity contribution is -0.274. The molecule has 0 amide bonds. The molecule has 2 rings (SSSR count). The Kier molecular flexibility index (Phi) is 4.42. The van der Waals surface area contributed by atoms with Crippen LogP contribution in [0.25, 0.3) is 11.1 Å². The Balaban J connectivity index is 2.38. The highest BCUT2D eigenvalue weighted by Gasteiger charge is 2.31. The number of rotatable bonds is 3. The monoisotopic (exact) mass is 394 g/mol. The molecule has 0 bridgehead atoms. The number of methoxy groups -OCH3 is 1. The van der Waals surface area contributed by atoms with Gasteiger partial charge in [-0.2, -0.15) is 0 Å². The molecule has 0 aromatic heterocycles. The topological polar surface area (TPSA) is 18.5 Å². The third-order valence-electron chi connectivity index (χ3n) is 2.58. The lowest BCUT2D eigenvalue weighted by Gasteiger charge is -2.13. The minimum Gasteiger partial charge on any atom is -0.496 e. The van der Waals surface area contributed by atoms with Crippen molar-refractivity contribution in [3.8, 4) is 22.6 Å². The second kappa shape index (κ2) is 5.90. The van der Waals surface area contributed by atoms with Gasteiger partial charge in [0.25, 0.3) is 0 Å². The molecule has 2 nitrogen and oxygen atoms in total. The van der Waals surface area contributed by atoms with E-state index in [9.17, 15) is 13.2 Å². The third-order valence-corrected chi connectivity index (χ3v) is 3.42. The molecule has 2 aromatic rings. The van der Waals surface area contributed by atoms with Crippen LogP contribution in [-0.4, -0.2) is 13.5 Å². The summed E-state index contributed by atoms with van der Waals surface area (Å²) >= 11 is 1.81. The fourth-order valence-electron chi connectivity index (χ4n) is 1.76. The molecular weight excluding hydrogens is 384 g/mol. The number of alkyl halides is 3. The van der Waals surface area contributed by atoms with Gasteiger partial charge in [0.05, 0.1) is 10.7 Å². The van der Waals surface area contributed by atoms with E-state index in [-0.39, 0.29) is 5.75 Å². The minimum absolute atomic E-state index is 0.211. The molecule has 0 fully saturated rings. The van der Waals surface area contributed by atoms with E-state index in [1.54, 1.807) is 25.3 Å². The smallest absolute Gasteiger partial charge is 0.496 e. The third kappa shape index (κ3) is 3.56. The molecule has 0 aliphatic heterocycles. The number of ether oxygens (including phenoxy) is 2. The van der Waals surface area contributed by atoms with Crippen molar-refractivity contribution in [2.75, 3.05) is 7.11 Å². The second-order valence-electron chi connectivity index (χ2n) is 3.89. The Labute approximate surface area is 127 Å². The van der Waals surface area contributed by atoms with Crippen molar-refractivity contribution < 1.29 is 22.6 Å². The highest BCUT2D eigenvalue weighted by atomic mass is 127. The first-order valence-electron chi connectivity index (χ1n) is 5.59. The molecule has 2 aromatic carbocycles. The summed E-state index contributed by atoms with van der Waals surface area (Å²) in [5.74, 6) is 0.449. The maximum absolute atomic E-state index is 12.2. The van der Waals surface area contributed by atoms with Crippen molar-refractivity contribution in [3.05, 3.63) is 46.0 Å². The van der Waals surface area contributed by atoms with Gasteiger partial charge in [-0.15, -0.1) is 13.2 Å². The van der Waals surface area contributed by atoms with Gasteiger partial charge < -0.3 is 9.47 Å². The molecule has 0 saturated carbocycles. The van der Waals surface area contributed by atoms with Crippen molar-refractivity contribution in [1.29, 1.82) is 0 Å². The Hall–Kier alpha value is -1.44. The predicted molar refractivity (Wildman–Crippen MR) is 77.8 cm³/mol. The Morgan fingerprint density at radius 3 is 2.30 bits per heavy atom. The highest BCUT2D eigenvalue weighted by Crippen LogP contribution is 2.34. The summed E-state index contributed by atoms with van der Waals surface area (Å²) in [6.07, 6.45) is -4.69. The van der Waals surface area contributed by atoms with Crippen LogP contribution in [0.5, 0.6) is 11.5 Å². The number of hydrogen-bond acceptors (Lipinski definition) is 2. The van der Waals surface area contributed by atoms with E-state index in [0.717, 1.165) is 11.1 Å². The predicted octanol–water partition coefficient (Wildman–Crippen LogP) is 4.87. The first kappa shape index (κ1) is 15.0. The molecule has 0 spiro atoms. The maximum Gasteiger partial charge on any atom is 0.573 e. The van der Waals surface area contributed by atoms with Gasteiger partial charge in [0.2, 0.25) is 0 Å². The molecule has 0 heterocycles. The van der Waals surface area contributed by atoms with Crippen LogP contribution in [0.2, 0.25) is 0 Å². The van der Waals surface area contributed by atoms with Crippen LogP contribution in [0.1, 0.15) is 0 Å². The quantitative estimate of drug-likeness (QED) is 0.692. The van der Waals surface area contributed by atoms with Crippen molar-refractivity contribution in [1.82, 2.24) is 0 Å². The molecule has 20 heavy (non-hydrogen) atoms. The van der Waals surface area contributed by atoms with E-state index in [4.69, 9.17) is 4.74 Å². The van der Waals surface area contributed by atoms with Crippen molar-refractivity contribution in [2.24, 2.45) is 0 Å². The fourth-order valence-corrected chi connectivity index (χ4v) is 2.38. The van der Waals surface area contributed by atoms with Crippen LogP contribution >= 0.6 is 22.6 Å². The SMILES string of the molecule is COc1ccccc1-c1ccc(OC(F)(F)F)c(I)c1. The zero-order chi connectivity index (χ0) is 14.8. The van der Waals surface area contributed by atoms with Gasteiger partial charge in [-0.05, 0) is 46.4 Å². The summed E-state index contributed by atoms with van der Waals surface area (Å²) in [6.45, 7) is 0. The average Bonchev–Trinajstić information content (AvgIpc) is 2.39. The molecule has 0 aliphatic carbocycles. The molecule has 6 heteroatoms. The largest absolute Gasteiger partial charge is 0.573 e. The zero-order valence-electron chi connectivity index (χ0n) is 10.4. The van der Waals surface area contributed by atoms with Crippen LogP contribution < -0.4 is 9.47 Å². The van der Waals surface area contributed by atoms with Crippen LogP contribution in [0.4, 0.5) is 13.2 Å². The van der Waals surface area contributed by atoms with E-state index in [0.29, 0.717) is 9.32 Å². The van der Waals surface area contributed by atoms with Crippen LogP contribution in [0.3, 0.4) is 0 Å². The molecule has 0 unspecified atom stereocenters. The van der Waals surface area contributed by atoms with Gasteiger partial charge in [0, 0.05) is 5.56 Å². The van der Waals surface area contributed by atoms with E-state index >= 15 is 0 Å². The van der Waals surface area contributed by atoms with E-state index in [1.807, 2.05) is 40.8 Å². The van der Waals surface area contributed by atoms with Gasteiger partial charge in [0.15, 0.2) is 0 Å². The summed E-state index contributed by atoms with van der Waals surface area (Å²) in [7, 11) is 1.55. The summed E-state index contributed by atoms with van der Waals surface area (Å²) in [5.41, 5.74) is 1.58. The van der Waals surface area contributed by atoms with Crippen LogP contribution in [-0.2, 0) is 0 Å². The Bertz CT molecular complexity index is 612. The maximum atomic E-state index is 12.2. The molecular formula is C14H10F3IO2. The number of para-hydroxylation sites is 1. The van der Waals surface area contributed by atoms with E-state index in [1.165, 1.54) is 6.07 Å². The van der Waals surface area contributed by atoms with Crippen LogP contribution in [0, 0.1) is 3.57 Å². The van der Waals surface area contributed by atoms with E-state index in [2.05, 4.69) is 4.74 Å². The zero-order valence-corrected chi connectivity index (χ0v) is 12.5. The standard InChI is InChI=1S/C14H10F3IO2/c1-19-12-5-3-2-4-10(12)9-6-7-13(11(18)8-9)20-14(15,16)17/h2-8H,1H3. The summed E-state index contributed by atoms with van der Waals surface area (Å²) in [6, 6.07) is 11.8. The van der Waals surface area contributed by atoms with Crippen molar-refractivity contribution in [2.45, 2.75) is 6.36 Å². The molecule has 0 aliphatic rings. The second-order valence-corrected chi connectivity index (χ2v) is 5.06. The lowest BCUT2D eigenvalue weighted by atomic mass is 10.0. The normalized spacial score (nSPS) is 11.2. The fraction of sp³-hybridized carbons (Fsp3) is 0.143. The average molecular weight is 394 g/mol. The molecule has 0 N–H and O–H groups in total. The number of benzene rings is 2. The molecule has 0 saturated heterocycles. The molecule has 0 atom stereocenters. The molecule has 0 radical (unpaired) electrons. The number of halogens is 4. The van der Waals surface area contributed by atoms with Crippen LogP contribution in [0.15, 0.2) is 42.5 Å². The van der Waals surface area contributed by atoms with Gasteiger partial charge >= 0.3 is 6.36 Å². The first-order valence-corrected chi connectivity index (χ1v) is 6.67.